The predicted molar refractivity (Wildman–Crippen MR) is 132 cm³/mol. The quantitative estimate of drug-likeness (QED) is 0.325. The van der Waals surface area contributed by atoms with Crippen molar-refractivity contribution < 1.29 is 0 Å². The van der Waals surface area contributed by atoms with Gasteiger partial charge in [-0.3, -0.25) is 4.98 Å². The first-order valence-corrected chi connectivity index (χ1v) is 10.9. The van der Waals surface area contributed by atoms with Gasteiger partial charge in [0.05, 0.1) is 0 Å². The number of fused-ring (bicyclic) bond motifs is 1. The van der Waals surface area contributed by atoms with Crippen LogP contribution in [-0.2, 0) is 6.42 Å². The number of rotatable bonds is 8. The van der Waals surface area contributed by atoms with Gasteiger partial charge in [0, 0.05) is 54.5 Å². The maximum Gasteiger partial charge on any atom is 0.228 e. The molecule has 0 spiro atoms. The van der Waals surface area contributed by atoms with E-state index < -0.39 is 0 Å². The van der Waals surface area contributed by atoms with Crippen LogP contribution in [0.2, 0.25) is 0 Å². The van der Waals surface area contributed by atoms with E-state index in [1.54, 1.807) is 37.1 Å². The standard InChI is InChI=1S/C25H23N9/c26-19(15-17-5-2-1-3-6-17)16-31-23-20-9-14-28-24(34-25-29-10-4-11-30-25)21(20)32-22(33-23)18-7-12-27-13-8-18/h1-14,19H,15-16,26H2,(H,31,32,33)(H,28,29,30,34)/t19-/m0/s1. The molecule has 0 saturated heterocycles. The molecule has 1 atom stereocenters. The van der Waals surface area contributed by atoms with Gasteiger partial charge in [-0.15, -0.1) is 0 Å². The van der Waals surface area contributed by atoms with Crippen molar-refractivity contribution in [2.24, 2.45) is 5.73 Å². The smallest absolute Gasteiger partial charge is 0.228 e. The minimum absolute atomic E-state index is 0.0889. The van der Waals surface area contributed by atoms with Crippen molar-refractivity contribution in [3.8, 4) is 11.4 Å². The molecule has 0 unspecified atom stereocenters. The molecule has 0 radical (unpaired) electrons. The molecule has 5 aromatic rings. The van der Waals surface area contributed by atoms with Gasteiger partial charge < -0.3 is 16.4 Å². The van der Waals surface area contributed by atoms with E-state index in [4.69, 9.17) is 15.7 Å². The highest BCUT2D eigenvalue weighted by atomic mass is 15.1. The van der Waals surface area contributed by atoms with Crippen LogP contribution in [0, 0.1) is 0 Å². The third-order valence-corrected chi connectivity index (χ3v) is 5.22. The maximum atomic E-state index is 6.42. The third kappa shape index (κ3) is 4.94. The van der Waals surface area contributed by atoms with Crippen molar-refractivity contribution in [1.29, 1.82) is 0 Å². The number of nitrogens with two attached hydrogens (primary N) is 1. The number of nitrogens with zero attached hydrogens (tertiary/aromatic N) is 6. The van der Waals surface area contributed by atoms with Gasteiger partial charge in [-0.05, 0) is 36.2 Å². The van der Waals surface area contributed by atoms with Gasteiger partial charge in [-0.1, -0.05) is 30.3 Å². The lowest BCUT2D eigenvalue weighted by Crippen LogP contribution is -2.31. The first-order chi connectivity index (χ1) is 16.8. The number of benzene rings is 1. The van der Waals surface area contributed by atoms with Gasteiger partial charge >= 0.3 is 0 Å². The lowest BCUT2D eigenvalue weighted by Gasteiger charge is -2.16. The number of hydrogen-bond acceptors (Lipinski definition) is 9. The molecule has 1 aromatic carbocycles. The molecule has 0 fully saturated rings. The molecule has 0 aliphatic carbocycles. The van der Waals surface area contributed by atoms with E-state index in [9.17, 15) is 0 Å². The molecule has 9 nitrogen and oxygen atoms in total. The molecule has 0 aliphatic heterocycles. The minimum atomic E-state index is -0.0889. The Morgan fingerprint density at radius 2 is 1.56 bits per heavy atom. The molecule has 0 aliphatic rings. The second-order valence-electron chi connectivity index (χ2n) is 7.72. The van der Waals surface area contributed by atoms with Gasteiger partial charge in [-0.2, -0.15) is 0 Å². The minimum Gasteiger partial charge on any atom is -0.368 e. The second kappa shape index (κ2) is 9.97. The van der Waals surface area contributed by atoms with Gasteiger partial charge in [-0.25, -0.2) is 24.9 Å². The predicted octanol–water partition coefficient (Wildman–Crippen LogP) is 3.60. The van der Waals surface area contributed by atoms with Crippen molar-refractivity contribution >= 4 is 28.5 Å². The fourth-order valence-electron chi connectivity index (χ4n) is 3.60. The highest BCUT2D eigenvalue weighted by Gasteiger charge is 2.15. The van der Waals surface area contributed by atoms with E-state index in [0.717, 1.165) is 17.4 Å². The Labute approximate surface area is 196 Å². The SMILES string of the molecule is N[C@H](CNc1nc(-c2ccncc2)nc2c(Nc3ncccn3)nccc12)Cc1ccccc1. The summed E-state index contributed by atoms with van der Waals surface area (Å²) in [7, 11) is 0. The Balaban J connectivity index is 1.50. The zero-order valence-electron chi connectivity index (χ0n) is 18.3. The van der Waals surface area contributed by atoms with E-state index in [0.29, 0.717) is 35.5 Å². The normalized spacial score (nSPS) is 11.8. The summed E-state index contributed by atoms with van der Waals surface area (Å²) < 4.78 is 0. The molecular weight excluding hydrogens is 426 g/mol. The highest BCUT2D eigenvalue weighted by molar-refractivity contribution is 5.97. The number of pyridine rings is 2. The van der Waals surface area contributed by atoms with E-state index in [1.165, 1.54) is 5.56 Å². The van der Waals surface area contributed by atoms with Gasteiger partial charge in [0.15, 0.2) is 11.6 Å². The van der Waals surface area contributed by atoms with Gasteiger partial charge in [0.2, 0.25) is 5.95 Å². The van der Waals surface area contributed by atoms with Crippen molar-refractivity contribution in [3.63, 3.8) is 0 Å². The molecule has 4 aromatic heterocycles. The number of hydrogen-bond donors (Lipinski definition) is 3. The van der Waals surface area contributed by atoms with Crippen LogP contribution in [0.25, 0.3) is 22.3 Å². The number of nitrogens with one attached hydrogen (secondary N) is 2. The summed E-state index contributed by atoms with van der Waals surface area (Å²) in [4.78, 5) is 26.7. The summed E-state index contributed by atoms with van der Waals surface area (Å²) in [5.74, 6) is 2.21. The van der Waals surface area contributed by atoms with Crippen molar-refractivity contribution in [1.82, 2.24) is 29.9 Å². The molecule has 4 N–H and O–H groups in total. The Morgan fingerprint density at radius 1 is 0.765 bits per heavy atom. The molecular formula is C25H23N9. The Bertz CT molecular complexity index is 1360. The fraction of sp³-hybridized carbons (Fsp3) is 0.120. The molecule has 4 heterocycles. The summed E-state index contributed by atoms with van der Waals surface area (Å²) in [5.41, 5.74) is 9.11. The van der Waals surface area contributed by atoms with Crippen LogP contribution in [0.3, 0.4) is 0 Å². The van der Waals surface area contributed by atoms with Gasteiger partial charge in [0.25, 0.3) is 0 Å². The largest absolute Gasteiger partial charge is 0.368 e. The molecule has 9 heteroatoms. The van der Waals surface area contributed by atoms with Crippen LogP contribution < -0.4 is 16.4 Å². The third-order valence-electron chi connectivity index (χ3n) is 5.22. The second-order valence-corrected chi connectivity index (χ2v) is 7.72. The van der Waals surface area contributed by atoms with Crippen LogP contribution in [-0.4, -0.2) is 42.5 Å². The maximum absolute atomic E-state index is 6.42. The summed E-state index contributed by atoms with van der Waals surface area (Å²) >= 11 is 0. The lowest BCUT2D eigenvalue weighted by atomic mass is 10.1. The van der Waals surface area contributed by atoms with E-state index in [2.05, 4.69) is 42.7 Å². The first-order valence-electron chi connectivity index (χ1n) is 10.9. The first kappa shape index (κ1) is 21.4. The Kier molecular flexibility index (Phi) is 6.26. The summed E-state index contributed by atoms with van der Waals surface area (Å²) in [5, 5.41) is 7.41. The van der Waals surface area contributed by atoms with E-state index in [1.807, 2.05) is 36.4 Å². The summed E-state index contributed by atoms with van der Waals surface area (Å²) in [6.07, 6.45) is 9.22. The lowest BCUT2D eigenvalue weighted by molar-refractivity contribution is 0.698. The topological polar surface area (TPSA) is 127 Å². The van der Waals surface area contributed by atoms with Crippen molar-refractivity contribution in [2.75, 3.05) is 17.2 Å². The van der Waals surface area contributed by atoms with Crippen LogP contribution in [0.5, 0.6) is 0 Å². The summed E-state index contributed by atoms with van der Waals surface area (Å²) in [6, 6.07) is 17.5. The molecule has 168 valence electrons. The zero-order chi connectivity index (χ0) is 23.2. The van der Waals surface area contributed by atoms with E-state index >= 15 is 0 Å². The number of aromatic nitrogens is 6. The summed E-state index contributed by atoms with van der Waals surface area (Å²) in [6.45, 7) is 0.545. The van der Waals surface area contributed by atoms with Crippen LogP contribution in [0.4, 0.5) is 17.6 Å². The average molecular weight is 450 g/mol. The zero-order valence-corrected chi connectivity index (χ0v) is 18.3. The molecule has 5 rings (SSSR count). The Hall–Kier alpha value is -4.50. The van der Waals surface area contributed by atoms with Gasteiger partial charge in [0.1, 0.15) is 11.3 Å². The van der Waals surface area contributed by atoms with Crippen LogP contribution >= 0.6 is 0 Å². The molecule has 0 bridgehead atoms. The van der Waals surface area contributed by atoms with Crippen molar-refractivity contribution in [2.45, 2.75) is 12.5 Å². The molecule has 34 heavy (non-hydrogen) atoms. The van der Waals surface area contributed by atoms with E-state index in [-0.39, 0.29) is 6.04 Å². The molecule has 0 amide bonds. The van der Waals surface area contributed by atoms with Crippen molar-refractivity contribution in [3.05, 3.63) is 91.1 Å². The number of anilines is 3. The average Bonchev–Trinajstić information content (AvgIpc) is 2.89. The molecule has 0 saturated carbocycles. The van der Waals surface area contributed by atoms with Crippen LogP contribution in [0.15, 0.2) is 85.6 Å². The Morgan fingerprint density at radius 3 is 2.35 bits per heavy atom. The van der Waals surface area contributed by atoms with Crippen LogP contribution in [0.1, 0.15) is 5.56 Å². The highest BCUT2D eigenvalue weighted by Crippen LogP contribution is 2.29. The monoisotopic (exact) mass is 449 g/mol. The fourth-order valence-corrected chi connectivity index (χ4v) is 3.60.